The summed E-state index contributed by atoms with van der Waals surface area (Å²) in [4.78, 5) is 0. The Morgan fingerprint density at radius 1 is 1.00 bits per heavy atom. The van der Waals surface area contributed by atoms with Crippen LogP contribution in [-0.2, 0) is 12.4 Å². The summed E-state index contributed by atoms with van der Waals surface area (Å²) in [6, 6.07) is 5.11. The second-order valence-corrected chi connectivity index (χ2v) is 4.63. The van der Waals surface area contributed by atoms with Crippen molar-refractivity contribution in [2.75, 3.05) is 13.7 Å². The molecule has 0 amide bonds. The summed E-state index contributed by atoms with van der Waals surface area (Å²) < 4.78 is 93.8. The molecule has 0 spiro atoms. The second kappa shape index (κ2) is 6.29. The van der Waals surface area contributed by atoms with Gasteiger partial charge in [0.2, 0.25) is 0 Å². The van der Waals surface area contributed by atoms with Crippen molar-refractivity contribution in [1.82, 2.24) is 0 Å². The van der Waals surface area contributed by atoms with E-state index < -0.39 is 35.2 Å². The molecule has 2 aromatic rings. The molecule has 0 bridgehead atoms. The molecular formula is C15H12F6O3. The molecule has 1 aromatic carbocycles. The minimum Gasteiger partial charge on any atom is -0.497 e. The van der Waals surface area contributed by atoms with Crippen LogP contribution in [0.15, 0.2) is 28.7 Å². The normalized spacial score (nSPS) is 12.3. The molecule has 0 aliphatic heterocycles. The smallest absolute Gasteiger partial charge is 0.423 e. The third kappa shape index (κ3) is 3.44. The summed E-state index contributed by atoms with van der Waals surface area (Å²) in [5, 5.41) is 0. The molecule has 0 saturated heterocycles. The van der Waals surface area contributed by atoms with Crippen LogP contribution in [0.5, 0.6) is 11.7 Å². The maximum Gasteiger partial charge on any atom is 0.423 e. The van der Waals surface area contributed by atoms with E-state index in [9.17, 15) is 26.3 Å². The Morgan fingerprint density at radius 3 is 2.12 bits per heavy atom. The Morgan fingerprint density at radius 2 is 1.62 bits per heavy atom. The molecule has 0 fully saturated rings. The van der Waals surface area contributed by atoms with Crippen LogP contribution in [0, 0.1) is 0 Å². The van der Waals surface area contributed by atoms with Gasteiger partial charge in [0.1, 0.15) is 11.3 Å². The van der Waals surface area contributed by atoms with Gasteiger partial charge in [-0.3, -0.25) is 0 Å². The topological polar surface area (TPSA) is 31.6 Å². The van der Waals surface area contributed by atoms with Gasteiger partial charge in [0, 0.05) is 5.56 Å². The summed E-state index contributed by atoms with van der Waals surface area (Å²) >= 11 is 0. The molecule has 0 N–H and O–H groups in total. The fraction of sp³-hybridized carbons (Fsp3) is 0.333. The summed E-state index contributed by atoms with van der Waals surface area (Å²) in [7, 11) is 1.28. The van der Waals surface area contributed by atoms with Crippen molar-refractivity contribution < 1.29 is 40.2 Å². The van der Waals surface area contributed by atoms with E-state index in [4.69, 9.17) is 9.15 Å². The third-order valence-corrected chi connectivity index (χ3v) is 3.05. The highest BCUT2D eigenvalue weighted by Crippen LogP contribution is 2.51. The average molecular weight is 354 g/mol. The summed E-state index contributed by atoms with van der Waals surface area (Å²) in [6.07, 6.45) is -10.6. The number of furan rings is 1. The predicted molar refractivity (Wildman–Crippen MR) is 71.9 cm³/mol. The van der Waals surface area contributed by atoms with Gasteiger partial charge in [0.15, 0.2) is 11.3 Å². The Hall–Kier alpha value is -2.32. The van der Waals surface area contributed by atoms with Crippen molar-refractivity contribution in [2.45, 2.75) is 19.3 Å². The van der Waals surface area contributed by atoms with E-state index in [1.54, 1.807) is 0 Å². The first-order chi connectivity index (χ1) is 11.1. The molecule has 0 atom stereocenters. The molecule has 0 aliphatic carbocycles. The number of methoxy groups -OCH3 is 1. The van der Waals surface area contributed by atoms with Crippen molar-refractivity contribution in [3.05, 3.63) is 35.4 Å². The van der Waals surface area contributed by atoms with Gasteiger partial charge in [-0.1, -0.05) is 12.1 Å². The highest BCUT2D eigenvalue weighted by molar-refractivity contribution is 5.68. The SMILES string of the molecule is CCOc1oc(-c2cccc(OC)c2)c(C(F)(F)F)c1C(F)(F)F. The van der Waals surface area contributed by atoms with Gasteiger partial charge in [0.05, 0.1) is 13.7 Å². The van der Waals surface area contributed by atoms with E-state index in [0.29, 0.717) is 0 Å². The van der Waals surface area contributed by atoms with E-state index in [1.165, 1.54) is 32.2 Å². The lowest BCUT2D eigenvalue weighted by atomic mass is 10.0. The van der Waals surface area contributed by atoms with Gasteiger partial charge in [-0.05, 0) is 19.1 Å². The first-order valence-electron chi connectivity index (χ1n) is 6.68. The molecule has 132 valence electrons. The number of hydrogen-bond acceptors (Lipinski definition) is 3. The number of halogens is 6. The number of benzene rings is 1. The largest absolute Gasteiger partial charge is 0.497 e. The predicted octanol–water partition coefficient (Wildman–Crippen LogP) is 5.39. The van der Waals surface area contributed by atoms with Crippen molar-refractivity contribution in [3.8, 4) is 23.0 Å². The molecule has 24 heavy (non-hydrogen) atoms. The fourth-order valence-electron chi connectivity index (χ4n) is 2.14. The molecule has 2 rings (SSSR count). The van der Waals surface area contributed by atoms with Gasteiger partial charge < -0.3 is 13.9 Å². The van der Waals surface area contributed by atoms with E-state index >= 15 is 0 Å². The zero-order chi connectivity index (χ0) is 18.1. The van der Waals surface area contributed by atoms with Crippen LogP contribution in [-0.4, -0.2) is 13.7 Å². The molecule has 3 nitrogen and oxygen atoms in total. The molecule has 0 saturated carbocycles. The quantitative estimate of drug-likeness (QED) is 0.690. The van der Waals surface area contributed by atoms with Gasteiger partial charge in [-0.25, -0.2) is 0 Å². The van der Waals surface area contributed by atoms with Crippen LogP contribution in [0.25, 0.3) is 11.3 Å². The maximum atomic E-state index is 13.3. The minimum absolute atomic E-state index is 0.170. The van der Waals surface area contributed by atoms with Crippen LogP contribution in [0.3, 0.4) is 0 Å². The van der Waals surface area contributed by atoms with E-state index in [0.717, 1.165) is 6.07 Å². The van der Waals surface area contributed by atoms with Gasteiger partial charge in [0.25, 0.3) is 5.95 Å². The van der Waals surface area contributed by atoms with Crippen molar-refractivity contribution in [3.63, 3.8) is 0 Å². The number of alkyl halides is 6. The number of rotatable bonds is 4. The number of hydrogen-bond donors (Lipinski definition) is 0. The van der Waals surface area contributed by atoms with Crippen molar-refractivity contribution in [1.29, 1.82) is 0 Å². The standard InChI is InChI=1S/C15H12F6O3/c1-3-23-13-11(15(19,20)21)10(14(16,17)18)12(24-13)8-5-4-6-9(7-8)22-2/h4-7H,3H2,1-2H3. The van der Waals surface area contributed by atoms with Crippen LogP contribution >= 0.6 is 0 Å². The molecular weight excluding hydrogens is 342 g/mol. The molecule has 9 heteroatoms. The second-order valence-electron chi connectivity index (χ2n) is 4.63. The summed E-state index contributed by atoms with van der Waals surface area (Å²) in [5.41, 5.74) is -4.11. The average Bonchev–Trinajstić information content (AvgIpc) is 2.87. The number of ether oxygens (including phenoxy) is 2. The third-order valence-electron chi connectivity index (χ3n) is 3.05. The summed E-state index contributed by atoms with van der Waals surface area (Å²) in [6.45, 7) is 1.05. The van der Waals surface area contributed by atoms with Crippen LogP contribution in [0.1, 0.15) is 18.1 Å². The lowest BCUT2D eigenvalue weighted by molar-refractivity contribution is -0.162. The van der Waals surface area contributed by atoms with Gasteiger partial charge >= 0.3 is 12.4 Å². The van der Waals surface area contributed by atoms with Gasteiger partial charge in [-0.2, -0.15) is 26.3 Å². The molecule has 0 unspecified atom stereocenters. The molecule has 0 radical (unpaired) electrons. The monoisotopic (exact) mass is 354 g/mol. The fourth-order valence-corrected chi connectivity index (χ4v) is 2.14. The Labute approximate surface area is 132 Å². The molecule has 0 aliphatic rings. The van der Waals surface area contributed by atoms with Crippen LogP contribution < -0.4 is 9.47 Å². The zero-order valence-corrected chi connectivity index (χ0v) is 12.5. The lowest BCUT2D eigenvalue weighted by Crippen LogP contribution is -2.16. The highest BCUT2D eigenvalue weighted by atomic mass is 19.4. The van der Waals surface area contributed by atoms with Gasteiger partial charge in [-0.15, -0.1) is 0 Å². The lowest BCUT2D eigenvalue weighted by Gasteiger charge is -2.12. The van der Waals surface area contributed by atoms with Crippen LogP contribution in [0.4, 0.5) is 26.3 Å². The first kappa shape index (κ1) is 18.0. The summed E-state index contributed by atoms with van der Waals surface area (Å²) in [5.74, 6) is -2.02. The first-order valence-corrected chi connectivity index (χ1v) is 6.68. The molecule has 1 heterocycles. The Balaban J connectivity index is 2.80. The Kier molecular flexibility index (Phi) is 4.73. The van der Waals surface area contributed by atoms with E-state index in [1.807, 2.05) is 0 Å². The zero-order valence-electron chi connectivity index (χ0n) is 12.5. The molecule has 1 aromatic heterocycles. The van der Waals surface area contributed by atoms with Crippen LogP contribution in [0.2, 0.25) is 0 Å². The minimum atomic E-state index is -5.30. The Bertz CT molecular complexity index is 715. The van der Waals surface area contributed by atoms with E-state index in [-0.39, 0.29) is 17.9 Å². The van der Waals surface area contributed by atoms with Crippen molar-refractivity contribution in [2.24, 2.45) is 0 Å². The highest BCUT2D eigenvalue weighted by Gasteiger charge is 2.51. The van der Waals surface area contributed by atoms with Crippen molar-refractivity contribution >= 4 is 0 Å². The maximum absolute atomic E-state index is 13.3. The van der Waals surface area contributed by atoms with E-state index in [2.05, 4.69) is 4.74 Å².